The van der Waals surface area contributed by atoms with E-state index in [1.807, 2.05) is 6.07 Å². The number of carbonyl (C=O) groups is 1. The lowest BCUT2D eigenvalue weighted by Gasteiger charge is -2.71. The number of fused-ring (bicyclic) bond motifs is 1. The van der Waals surface area contributed by atoms with Gasteiger partial charge >= 0.3 is 0 Å². The first-order valence-electron chi connectivity index (χ1n) is 15.7. The molecule has 2 unspecified atom stereocenters. The van der Waals surface area contributed by atoms with Crippen molar-refractivity contribution in [2.45, 2.75) is 87.0 Å². The minimum atomic E-state index is -0.719. The van der Waals surface area contributed by atoms with E-state index in [0.29, 0.717) is 12.5 Å². The molecule has 2 aromatic carbocycles. The van der Waals surface area contributed by atoms with Gasteiger partial charge in [0, 0.05) is 37.1 Å². The topological polar surface area (TPSA) is 60.0 Å². The molecule has 9 rings (SSSR count). The van der Waals surface area contributed by atoms with Gasteiger partial charge in [0.05, 0.1) is 18.6 Å². The maximum Gasteiger partial charge on any atom is 0.220 e. The molecule has 7 aliphatic rings. The standard InChI is InChI=1S/C35H42N2O4/c1-39-26-15-14-25-20-28-33-16-17-35(40-2,27(21-33)36-29(38)11-7-6-10-23-8-4-3-5-9-23)32-34(33,30(25)31(26)41-32)18-19-37(28)22-24-12-13-24/h3-5,8-9,14-17,24,27-28,32H,6-7,10-13,18-22H2,1-2H3,(H,36,38)/t27?,28-,32?,33-,34+,35-/m1/s1. The Balaban J connectivity index is 1.12. The highest BCUT2D eigenvalue weighted by Crippen LogP contribution is 2.73. The molecule has 4 bridgehead atoms. The zero-order chi connectivity index (χ0) is 27.8. The van der Waals surface area contributed by atoms with Crippen LogP contribution in [0.4, 0.5) is 0 Å². The van der Waals surface area contributed by atoms with Crippen LogP contribution in [0.15, 0.2) is 54.6 Å². The van der Waals surface area contributed by atoms with Crippen LogP contribution in [-0.4, -0.2) is 61.9 Å². The molecular weight excluding hydrogens is 512 g/mol. The Bertz CT molecular complexity index is 1390. The first kappa shape index (κ1) is 25.8. The van der Waals surface area contributed by atoms with Gasteiger partial charge in [-0.15, -0.1) is 0 Å². The summed E-state index contributed by atoms with van der Waals surface area (Å²) >= 11 is 0. The molecule has 216 valence electrons. The van der Waals surface area contributed by atoms with Crippen molar-refractivity contribution in [3.05, 3.63) is 71.3 Å². The Morgan fingerprint density at radius 1 is 1.10 bits per heavy atom. The zero-order valence-electron chi connectivity index (χ0n) is 24.4. The van der Waals surface area contributed by atoms with E-state index in [1.165, 1.54) is 36.1 Å². The Labute approximate surface area is 243 Å². The number of hydrogen-bond acceptors (Lipinski definition) is 5. The largest absolute Gasteiger partial charge is 0.493 e. The van der Waals surface area contributed by atoms with Crippen molar-refractivity contribution in [1.29, 1.82) is 0 Å². The number of carbonyl (C=O) groups excluding carboxylic acids is 1. The van der Waals surface area contributed by atoms with Crippen LogP contribution in [-0.2, 0) is 27.8 Å². The summed E-state index contributed by atoms with van der Waals surface area (Å²) in [5.41, 5.74) is 3.10. The summed E-state index contributed by atoms with van der Waals surface area (Å²) in [6, 6.07) is 15.2. The quantitative estimate of drug-likeness (QED) is 0.332. The van der Waals surface area contributed by atoms with Crippen LogP contribution < -0.4 is 14.8 Å². The van der Waals surface area contributed by atoms with Crippen LogP contribution in [0, 0.1) is 11.3 Å². The van der Waals surface area contributed by atoms with Crippen molar-refractivity contribution in [2.75, 3.05) is 27.3 Å². The van der Waals surface area contributed by atoms with Crippen LogP contribution >= 0.6 is 0 Å². The van der Waals surface area contributed by atoms with E-state index in [9.17, 15) is 4.79 Å². The summed E-state index contributed by atoms with van der Waals surface area (Å²) in [5, 5.41) is 3.50. The monoisotopic (exact) mass is 554 g/mol. The Morgan fingerprint density at radius 3 is 2.73 bits per heavy atom. The van der Waals surface area contributed by atoms with E-state index in [0.717, 1.165) is 62.5 Å². The molecule has 0 aromatic heterocycles. The number of methoxy groups -OCH3 is 2. The van der Waals surface area contributed by atoms with Crippen LogP contribution in [0.3, 0.4) is 0 Å². The van der Waals surface area contributed by atoms with Gasteiger partial charge in [-0.25, -0.2) is 0 Å². The van der Waals surface area contributed by atoms with E-state index in [-0.39, 0.29) is 28.9 Å². The summed E-state index contributed by atoms with van der Waals surface area (Å²) in [5.74, 6) is 2.68. The highest BCUT2D eigenvalue weighted by molar-refractivity contribution is 5.77. The van der Waals surface area contributed by atoms with Crippen LogP contribution in [0.25, 0.3) is 0 Å². The SMILES string of the molecule is COc1ccc2c3c1OC1[C@@]4(OC)C=C[C@@]5(CC4NC(=O)CCCCc4ccccc4)[C@@H](C2)N(CC2CC2)CC[C@]315. The van der Waals surface area contributed by atoms with Gasteiger partial charge in [0.15, 0.2) is 11.5 Å². The van der Waals surface area contributed by atoms with Crippen molar-refractivity contribution in [3.63, 3.8) is 0 Å². The Morgan fingerprint density at radius 2 is 1.95 bits per heavy atom. The summed E-state index contributed by atoms with van der Waals surface area (Å²) in [4.78, 5) is 16.3. The molecule has 1 saturated heterocycles. The second-order valence-electron chi connectivity index (χ2n) is 13.5. The third kappa shape index (κ3) is 3.53. The highest BCUT2D eigenvalue weighted by Gasteiger charge is 2.79. The molecule has 2 heterocycles. The number of hydrogen-bond donors (Lipinski definition) is 1. The second kappa shape index (κ2) is 9.34. The molecule has 1 amide bonds. The van der Waals surface area contributed by atoms with Crippen molar-refractivity contribution in [3.8, 4) is 11.5 Å². The molecule has 2 saturated carbocycles. The van der Waals surface area contributed by atoms with Gasteiger partial charge in [-0.05, 0) is 81.0 Å². The number of amides is 1. The first-order chi connectivity index (χ1) is 20.0. The number of ether oxygens (including phenoxy) is 3. The third-order valence-electron chi connectivity index (χ3n) is 11.6. The maximum atomic E-state index is 13.5. The smallest absolute Gasteiger partial charge is 0.220 e. The first-order valence-corrected chi connectivity index (χ1v) is 15.7. The van der Waals surface area contributed by atoms with E-state index in [1.54, 1.807) is 14.2 Å². The molecule has 1 N–H and O–H groups in total. The lowest BCUT2D eigenvalue weighted by atomic mass is 9.38. The predicted octanol–water partition coefficient (Wildman–Crippen LogP) is 4.98. The summed E-state index contributed by atoms with van der Waals surface area (Å²) in [6.07, 6.45) is 13.7. The molecule has 41 heavy (non-hydrogen) atoms. The Kier molecular flexibility index (Phi) is 5.89. The molecule has 6 atom stereocenters. The van der Waals surface area contributed by atoms with Gasteiger partial charge in [0.25, 0.3) is 0 Å². The summed E-state index contributed by atoms with van der Waals surface area (Å²) in [7, 11) is 3.53. The van der Waals surface area contributed by atoms with E-state index in [4.69, 9.17) is 14.2 Å². The minimum Gasteiger partial charge on any atom is -0.493 e. The van der Waals surface area contributed by atoms with Crippen molar-refractivity contribution < 1.29 is 19.0 Å². The minimum absolute atomic E-state index is 0.110. The molecule has 0 radical (unpaired) electrons. The van der Waals surface area contributed by atoms with Gasteiger partial charge in [-0.1, -0.05) is 48.6 Å². The van der Waals surface area contributed by atoms with Crippen LogP contribution in [0.2, 0.25) is 0 Å². The average molecular weight is 555 g/mol. The summed E-state index contributed by atoms with van der Waals surface area (Å²) in [6.45, 7) is 2.28. The fraction of sp³-hybridized carbons (Fsp3) is 0.571. The van der Waals surface area contributed by atoms with E-state index >= 15 is 0 Å². The number of rotatable bonds is 10. The lowest BCUT2D eigenvalue weighted by Crippen LogP contribution is -2.82. The van der Waals surface area contributed by atoms with Crippen molar-refractivity contribution in [1.82, 2.24) is 10.2 Å². The van der Waals surface area contributed by atoms with Gasteiger partial charge < -0.3 is 19.5 Å². The lowest BCUT2D eigenvalue weighted by molar-refractivity contribution is -0.203. The third-order valence-corrected chi connectivity index (χ3v) is 11.6. The zero-order valence-corrected chi connectivity index (χ0v) is 24.4. The molecule has 2 spiro atoms. The number of likely N-dealkylation sites (tertiary alicyclic amines) is 1. The predicted molar refractivity (Wildman–Crippen MR) is 157 cm³/mol. The molecular formula is C35H42N2O4. The highest BCUT2D eigenvalue weighted by atomic mass is 16.6. The Hall–Kier alpha value is -2.83. The molecule has 6 nitrogen and oxygen atoms in total. The number of piperidine rings is 1. The number of aryl methyl sites for hydroxylation is 1. The molecule has 6 heteroatoms. The van der Waals surface area contributed by atoms with Gasteiger partial charge in [0.2, 0.25) is 5.91 Å². The number of unbranched alkanes of at least 4 members (excludes halogenated alkanes) is 1. The summed E-state index contributed by atoms with van der Waals surface area (Å²) < 4.78 is 19.4. The van der Waals surface area contributed by atoms with Crippen LogP contribution in [0.5, 0.6) is 11.5 Å². The van der Waals surface area contributed by atoms with E-state index < -0.39 is 5.60 Å². The van der Waals surface area contributed by atoms with Gasteiger partial charge in [0.1, 0.15) is 11.7 Å². The van der Waals surface area contributed by atoms with Crippen molar-refractivity contribution >= 4 is 5.91 Å². The fourth-order valence-electron chi connectivity index (χ4n) is 9.62. The fourth-order valence-corrected chi connectivity index (χ4v) is 9.62. The second-order valence-corrected chi connectivity index (χ2v) is 13.5. The van der Waals surface area contributed by atoms with Gasteiger partial charge in [-0.3, -0.25) is 9.69 Å². The molecule has 2 aliphatic heterocycles. The maximum absolute atomic E-state index is 13.5. The molecule has 5 aliphatic carbocycles. The molecule has 3 fully saturated rings. The number of nitrogens with one attached hydrogen (secondary N) is 1. The average Bonchev–Trinajstić information content (AvgIpc) is 3.74. The van der Waals surface area contributed by atoms with Crippen molar-refractivity contribution in [2.24, 2.45) is 11.3 Å². The van der Waals surface area contributed by atoms with Crippen LogP contribution in [0.1, 0.15) is 61.6 Å². The van der Waals surface area contributed by atoms with E-state index in [2.05, 4.69) is 58.8 Å². The number of benzene rings is 2. The normalized spacial score (nSPS) is 35.6. The molecule has 2 aromatic rings. The number of nitrogens with zero attached hydrogens (tertiary/aromatic N) is 1. The van der Waals surface area contributed by atoms with Gasteiger partial charge in [-0.2, -0.15) is 0 Å².